The molecule has 2 saturated carbocycles. The smallest absolute Gasteiger partial charge is 0.303 e. The minimum atomic E-state index is -1.62. The molecule has 1 aliphatic heterocycles. The standard InChI is InChI=1S/C20H29FO5/c21-20(9-3-8-19(24)25,13-5-1-2-6-13)18-11-15-14(7-4-10-22)16(23)12-17(15)26-18/h4,7,11,13-17,22-23H,1-3,5-6,8-10,12H2,(H,24,25)/b7-4+/t14-,15-,16-,17+,20-/m1/s1. The minimum absolute atomic E-state index is 0.0426. The van der Waals surface area contributed by atoms with Crippen molar-refractivity contribution < 1.29 is 29.2 Å². The highest BCUT2D eigenvalue weighted by Gasteiger charge is 2.52. The van der Waals surface area contributed by atoms with Crippen LogP contribution in [0, 0.1) is 17.8 Å². The second kappa shape index (κ2) is 8.09. The van der Waals surface area contributed by atoms with Crippen molar-refractivity contribution in [3.05, 3.63) is 24.0 Å². The molecule has 0 bridgehead atoms. The number of carboxylic acid groups (broad SMARTS) is 1. The van der Waals surface area contributed by atoms with E-state index in [2.05, 4.69) is 0 Å². The lowest BCUT2D eigenvalue weighted by Gasteiger charge is -2.33. The molecule has 26 heavy (non-hydrogen) atoms. The van der Waals surface area contributed by atoms with E-state index in [-0.39, 0.29) is 49.7 Å². The molecule has 2 fully saturated rings. The second-order valence-corrected chi connectivity index (χ2v) is 7.85. The average Bonchev–Trinajstić information content (AvgIpc) is 3.29. The van der Waals surface area contributed by atoms with E-state index in [9.17, 15) is 9.90 Å². The predicted molar refractivity (Wildman–Crippen MR) is 94.1 cm³/mol. The molecule has 0 saturated heterocycles. The number of carbonyl (C=O) groups is 1. The number of aliphatic hydroxyl groups excluding tert-OH is 2. The lowest BCUT2D eigenvalue weighted by Crippen LogP contribution is -2.35. The third-order valence-corrected chi connectivity index (χ3v) is 6.22. The zero-order valence-corrected chi connectivity index (χ0v) is 15.0. The van der Waals surface area contributed by atoms with E-state index in [0.717, 1.165) is 25.7 Å². The van der Waals surface area contributed by atoms with Gasteiger partial charge in [-0.15, -0.1) is 0 Å². The van der Waals surface area contributed by atoms with Gasteiger partial charge in [-0.25, -0.2) is 4.39 Å². The Labute approximate surface area is 153 Å². The van der Waals surface area contributed by atoms with Crippen LogP contribution in [-0.4, -0.2) is 45.8 Å². The molecule has 3 N–H and O–H groups in total. The Morgan fingerprint density at radius 1 is 1.38 bits per heavy atom. The summed E-state index contributed by atoms with van der Waals surface area (Å²) in [6.45, 7) is -0.0949. The van der Waals surface area contributed by atoms with E-state index in [4.69, 9.17) is 14.9 Å². The number of allylic oxidation sites excluding steroid dienone is 1. The summed E-state index contributed by atoms with van der Waals surface area (Å²) in [5.74, 6) is -0.971. The van der Waals surface area contributed by atoms with Crippen molar-refractivity contribution in [2.24, 2.45) is 17.8 Å². The van der Waals surface area contributed by atoms with Crippen LogP contribution in [-0.2, 0) is 9.53 Å². The topological polar surface area (TPSA) is 87.0 Å². The van der Waals surface area contributed by atoms with Crippen LogP contribution in [0.4, 0.5) is 4.39 Å². The monoisotopic (exact) mass is 368 g/mol. The van der Waals surface area contributed by atoms with E-state index in [0.29, 0.717) is 12.2 Å². The molecule has 0 amide bonds. The Balaban J connectivity index is 1.79. The maximum Gasteiger partial charge on any atom is 0.303 e. The number of aliphatic carboxylic acids is 1. The molecule has 0 aromatic carbocycles. The molecule has 0 aromatic rings. The van der Waals surface area contributed by atoms with Crippen molar-refractivity contribution in [3.8, 4) is 0 Å². The van der Waals surface area contributed by atoms with Gasteiger partial charge in [0.05, 0.1) is 12.7 Å². The molecular weight excluding hydrogens is 339 g/mol. The number of hydrogen-bond donors (Lipinski definition) is 3. The minimum Gasteiger partial charge on any atom is -0.491 e. The molecular formula is C20H29FO5. The SMILES string of the molecule is O=C(O)CCC[C@](F)(C1=C[C@@H]2[C@@H](/C=C/CO)[C@H](O)C[C@@H]2O1)C1CCCC1. The van der Waals surface area contributed by atoms with Gasteiger partial charge in [0.15, 0.2) is 5.67 Å². The van der Waals surface area contributed by atoms with Crippen molar-refractivity contribution >= 4 is 5.97 Å². The zero-order chi connectivity index (χ0) is 18.7. The number of halogens is 1. The highest BCUT2D eigenvalue weighted by atomic mass is 19.1. The number of aliphatic hydroxyl groups is 2. The first-order chi connectivity index (χ1) is 12.5. The van der Waals surface area contributed by atoms with Gasteiger partial charge in [-0.3, -0.25) is 4.79 Å². The number of hydrogen-bond acceptors (Lipinski definition) is 4. The highest BCUT2D eigenvalue weighted by molar-refractivity contribution is 5.66. The van der Waals surface area contributed by atoms with Crippen molar-refractivity contribution in [3.63, 3.8) is 0 Å². The van der Waals surface area contributed by atoms with Crippen LogP contribution in [0.5, 0.6) is 0 Å². The fourth-order valence-corrected chi connectivity index (χ4v) is 4.90. The van der Waals surface area contributed by atoms with Crippen molar-refractivity contribution in [1.29, 1.82) is 0 Å². The molecule has 0 radical (unpaired) electrons. The molecule has 0 aromatic heterocycles. The van der Waals surface area contributed by atoms with Crippen LogP contribution in [0.3, 0.4) is 0 Å². The summed E-state index contributed by atoms with van der Waals surface area (Å²) in [4.78, 5) is 10.8. The van der Waals surface area contributed by atoms with Crippen LogP contribution in [0.1, 0.15) is 51.4 Å². The van der Waals surface area contributed by atoms with E-state index in [1.54, 1.807) is 12.2 Å². The summed E-state index contributed by atoms with van der Waals surface area (Å²) in [7, 11) is 0. The Hall–Kier alpha value is -1.40. The fourth-order valence-electron chi connectivity index (χ4n) is 4.90. The first-order valence-electron chi connectivity index (χ1n) is 9.71. The van der Waals surface area contributed by atoms with Gasteiger partial charge in [-0.2, -0.15) is 0 Å². The van der Waals surface area contributed by atoms with Crippen LogP contribution in [0.25, 0.3) is 0 Å². The first kappa shape index (κ1) is 19.4. The molecule has 2 aliphatic carbocycles. The number of alkyl halides is 1. The normalized spacial score (nSPS) is 33.9. The van der Waals surface area contributed by atoms with Crippen LogP contribution in [0.2, 0.25) is 0 Å². The largest absolute Gasteiger partial charge is 0.491 e. The summed E-state index contributed by atoms with van der Waals surface area (Å²) in [6, 6.07) is 0. The van der Waals surface area contributed by atoms with Crippen molar-refractivity contribution in [2.45, 2.75) is 69.2 Å². The van der Waals surface area contributed by atoms with Gasteiger partial charge < -0.3 is 20.1 Å². The van der Waals surface area contributed by atoms with Gasteiger partial charge >= 0.3 is 5.97 Å². The summed E-state index contributed by atoms with van der Waals surface area (Å²) >= 11 is 0. The van der Waals surface area contributed by atoms with Crippen molar-refractivity contribution in [2.75, 3.05) is 6.61 Å². The molecule has 5 nitrogen and oxygen atoms in total. The van der Waals surface area contributed by atoms with Gasteiger partial charge in [0.1, 0.15) is 11.9 Å². The van der Waals surface area contributed by atoms with Crippen LogP contribution >= 0.6 is 0 Å². The van der Waals surface area contributed by atoms with E-state index in [1.165, 1.54) is 0 Å². The maximum absolute atomic E-state index is 16.1. The summed E-state index contributed by atoms with van der Waals surface area (Å²) in [5, 5.41) is 28.1. The van der Waals surface area contributed by atoms with Gasteiger partial charge in [-0.05, 0) is 31.8 Å². The molecule has 0 unspecified atom stereocenters. The van der Waals surface area contributed by atoms with E-state index < -0.39 is 17.7 Å². The fraction of sp³-hybridized carbons (Fsp3) is 0.750. The quantitative estimate of drug-likeness (QED) is 0.574. The lowest BCUT2D eigenvalue weighted by molar-refractivity contribution is -0.137. The zero-order valence-electron chi connectivity index (χ0n) is 15.0. The third kappa shape index (κ3) is 3.81. The number of fused-ring (bicyclic) bond motifs is 1. The van der Waals surface area contributed by atoms with Crippen molar-refractivity contribution in [1.82, 2.24) is 0 Å². The Morgan fingerprint density at radius 2 is 2.12 bits per heavy atom. The Bertz CT molecular complexity index is 569. The van der Waals surface area contributed by atoms with Crippen LogP contribution in [0.15, 0.2) is 24.0 Å². The van der Waals surface area contributed by atoms with E-state index >= 15 is 4.39 Å². The van der Waals surface area contributed by atoms with Gasteiger partial charge in [-0.1, -0.05) is 25.0 Å². The third-order valence-electron chi connectivity index (χ3n) is 6.22. The van der Waals surface area contributed by atoms with Gasteiger partial charge in [0.25, 0.3) is 0 Å². The predicted octanol–water partition coefficient (Wildman–Crippen LogP) is 2.97. The summed E-state index contributed by atoms with van der Waals surface area (Å²) in [5.41, 5.74) is -1.62. The molecule has 0 spiro atoms. The van der Waals surface area contributed by atoms with Gasteiger partial charge in [0.2, 0.25) is 0 Å². The average molecular weight is 368 g/mol. The maximum atomic E-state index is 16.1. The molecule has 1 heterocycles. The number of carboxylic acids is 1. The van der Waals surface area contributed by atoms with Gasteiger partial charge in [0, 0.05) is 30.6 Å². The van der Waals surface area contributed by atoms with Crippen LogP contribution < -0.4 is 0 Å². The Morgan fingerprint density at radius 3 is 2.77 bits per heavy atom. The Kier molecular flexibility index (Phi) is 6.03. The molecule has 3 aliphatic rings. The highest BCUT2D eigenvalue weighted by Crippen LogP contribution is 2.51. The molecule has 5 atom stereocenters. The molecule has 6 heteroatoms. The first-order valence-corrected chi connectivity index (χ1v) is 9.71. The van der Waals surface area contributed by atoms with E-state index in [1.807, 2.05) is 6.08 Å². The molecule has 3 rings (SSSR count). The molecule has 146 valence electrons. The second-order valence-electron chi connectivity index (χ2n) is 7.85. The lowest BCUT2D eigenvalue weighted by atomic mass is 9.81. The summed E-state index contributed by atoms with van der Waals surface area (Å²) < 4.78 is 22.1. The number of rotatable bonds is 8. The summed E-state index contributed by atoms with van der Waals surface area (Å²) in [6.07, 6.45) is 8.86. The number of ether oxygens (including phenoxy) is 1.